The molecule has 2 heteroatoms. The molecule has 1 aromatic rings. The molecule has 2 rings (SSSR count). The van der Waals surface area contributed by atoms with Crippen LogP contribution in [0.1, 0.15) is 44.7 Å². The highest BCUT2D eigenvalue weighted by atomic mass is 16.3. The first-order chi connectivity index (χ1) is 7.89. The summed E-state index contributed by atoms with van der Waals surface area (Å²) in [5.41, 5.74) is 2.04. The van der Waals surface area contributed by atoms with Crippen molar-refractivity contribution in [1.29, 1.82) is 0 Å². The van der Waals surface area contributed by atoms with Crippen LogP contribution in [0.2, 0.25) is 0 Å². The zero-order chi connectivity index (χ0) is 12.5. The van der Waals surface area contributed by atoms with Gasteiger partial charge in [-0.25, -0.2) is 0 Å². The van der Waals surface area contributed by atoms with E-state index in [1.165, 1.54) is 24.0 Å². The molecule has 0 aromatic heterocycles. The molecule has 0 bridgehead atoms. The van der Waals surface area contributed by atoms with Gasteiger partial charge in [-0.05, 0) is 51.3 Å². The van der Waals surface area contributed by atoms with Crippen LogP contribution in [0.25, 0.3) is 0 Å². The van der Waals surface area contributed by atoms with Crippen LogP contribution in [-0.4, -0.2) is 17.3 Å². The molecule has 0 saturated carbocycles. The van der Waals surface area contributed by atoms with Crippen molar-refractivity contribution >= 4 is 0 Å². The molecule has 0 amide bonds. The lowest BCUT2D eigenvalue weighted by molar-refractivity contribution is 0.0809. The second-order valence-electron chi connectivity index (χ2n) is 6.05. The van der Waals surface area contributed by atoms with E-state index in [2.05, 4.69) is 36.5 Å². The van der Waals surface area contributed by atoms with E-state index in [0.717, 1.165) is 6.54 Å². The Morgan fingerprint density at radius 3 is 2.76 bits per heavy atom. The van der Waals surface area contributed by atoms with Crippen molar-refractivity contribution < 1.29 is 5.11 Å². The zero-order valence-electron chi connectivity index (χ0n) is 11.1. The zero-order valence-corrected chi connectivity index (χ0v) is 11.1. The number of hydrogen-bond acceptors (Lipinski definition) is 2. The minimum absolute atomic E-state index is 0.121. The Kier molecular flexibility index (Phi) is 3.28. The smallest absolute Gasteiger partial charge is 0.0631 e. The second kappa shape index (κ2) is 4.43. The molecule has 0 spiro atoms. The molecule has 1 aliphatic heterocycles. The second-order valence-corrected chi connectivity index (χ2v) is 6.05. The number of benzene rings is 1. The van der Waals surface area contributed by atoms with E-state index in [1.807, 2.05) is 13.8 Å². The molecule has 2 N–H and O–H groups in total. The monoisotopic (exact) mass is 233 g/mol. The summed E-state index contributed by atoms with van der Waals surface area (Å²) in [6.07, 6.45) is 3.14. The van der Waals surface area contributed by atoms with Crippen LogP contribution in [0.15, 0.2) is 24.3 Å². The van der Waals surface area contributed by atoms with Crippen LogP contribution in [0, 0.1) is 0 Å². The van der Waals surface area contributed by atoms with Gasteiger partial charge in [0, 0.05) is 12.0 Å². The molecular formula is C15H23NO. The molecule has 1 aromatic carbocycles. The Hall–Kier alpha value is -0.860. The maximum atomic E-state index is 9.88. The van der Waals surface area contributed by atoms with Crippen molar-refractivity contribution in [3.63, 3.8) is 0 Å². The van der Waals surface area contributed by atoms with Crippen LogP contribution in [-0.2, 0) is 12.0 Å². The van der Waals surface area contributed by atoms with Crippen molar-refractivity contribution in [3.05, 3.63) is 35.4 Å². The number of rotatable bonds is 3. The first-order valence-electron chi connectivity index (χ1n) is 6.46. The van der Waals surface area contributed by atoms with E-state index < -0.39 is 5.60 Å². The molecule has 1 heterocycles. The third-order valence-electron chi connectivity index (χ3n) is 3.57. The summed E-state index contributed by atoms with van der Waals surface area (Å²) < 4.78 is 0. The maximum Gasteiger partial charge on any atom is 0.0631 e. The Morgan fingerprint density at radius 1 is 1.41 bits per heavy atom. The summed E-state index contributed by atoms with van der Waals surface area (Å²) >= 11 is 0. The average molecular weight is 233 g/mol. The molecule has 1 aliphatic rings. The Morgan fingerprint density at radius 2 is 2.18 bits per heavy atom. The molecule has 1 fully saturated rings. The summed E-state index contributed by atoms with van der Waals surface area (Å²) in [5, 5.41) is 13.5. The van der Waals surface area contributed by atoms with Gasteiger partial charge in [-0.3, -0.25) is 0 Å². The van der Waals surface area contributed by atoms with Gasteiger partial charge in [0.05, 0.1) is 5.60 Å². The topological polar surface area (TPSA) is 32.3 Å². The van der Waals surface area contributed by atoms with Crippen LogP contribution in [0.3, 0.4) is 0 Å². The van der Waals surface area contributed by atoms with E-state index in [1.54, 1.807) is 0 Å². The molecule has 1 atom stereocenters. The van der Waals surface area contributed by atoms with Gasteiger partial charge < -0.3 is 10.4 Å². The third-order valence-corrected chi connectivity index (χ3v) is 3.57. The molecule has 0 aliphatic carbocycles. The highest BCUT2D eigenvalue weighted by Crippen LogP contribution is 2.31. The van der Waals surface area contributed by atoms with Gasteiger partial charge in [0.25, 0.3) is 0 Å². The molecule has 94 valence electrons. The Balaban J connectivity index is 2.22. The van der Waals surface area contributed by atoms with Crippen molar-refractivity contribution in [2.24, 2.45) is 0 Å². The standard InChI is InChI=1S/C15H23NO/c1-14(2,17)11-12-6-4-7-13(10-12)15(3)8-5-9-16-15/h4,6-7,10,16-17H,5,8-9,11H2,1-3H3. The van der Waals surface area contributed by atoms with Crippen molar-refractivity contribution in [1.82, 2.24) is 5.32 Å². The number of hydrogen-bond donors (Lipinski definition) is 2. The fraction of sp³-hybridized carbons (Fsp3) is 0.600. The summed E-state index contributed by atoms with van der Waals surface area (Å²) in [6.45, 7) is 7.08. The summed E-state index contributed by atoms with van der Waals surface area (Å²) in [5.74, 6) is 0. The molecule has 0 radical (unpaired) electrons. The predicted molar refractivity (Wildman–Crippen MR) is 71.0 cm³/mol. The van der Waals surface area contributed by atoms with Gasteiger partial charge >= 0.3 is 0 Å². The van der Waals surface area contributed by atoms with E-state index in [0.29, 0.717) is 6.42 Å². The lowest BCUT2D eigenvalue weighted by Gasteiger charge is -2.26. The first kappa shape index (κ1) is 12.6. The first-order valence-corrected chi connectivity index (χ1v) is 6.46. The maximum absolute atomic E-state index is 9.88. The van der Waals surface area contributed by atoms with E-state index >= 15 is 0 Å². The number of aliphatic hydroxyl groups is 1. The lowest BCUT2D eigenvalue weighted by atomic mass is 9.88. The summed E-state index contributed by atoms with van der Waals surface area (Å²) in [4.78, 5) is 0. The minimum Gasteiger partial charge on any atom is -0.390 e. The van der Waals surface area contributed by atoms with Crippen molar-refractivity contribution in [2.45, 2.75) is 51.2 Å². The molecule has 1 unspecified atom stereocenters. The molecule has 17 heavy (non-hydrogen) atoms. The fourth-order valence-electron chi connectivity index (χ4n) is 2.67. The van der Waals surface area contributed by atoms with Crippen LogP contribution >= 0.6 is 0 Å². The normalized spacial score (nSPS) is 25.2. The SMILES string of the molecule is CC(C)(O)Cc1cccc(C2(C)CCCN2)c1. The van der Waals surface area contributed by atoms with E-state index in [4.69, 9.17) is 0 Å². The highest BCUT2D eigenvalue weighted by molar-refractivity contribution is 5.30. The van der Waals surface area contributed by atoms with Gasteiger partial charge in [0.2, 0.25) is 0 Å². The quantitative estimate of drug-likeness (QED) is 0.841. The van der Waals surface area contributed by atoms with Gasteiger partial charge in [0.15, 0.2) is 0 Å². The average Bonchev–Trinajstić information content (AvgIpc) is 2.64. The summed E-state index contributed by atoms with van der Waals surface area (Å²) in [6, 6.07) is 8.62. The largest absolute Gasteiger partial charge is 0.390 e. The number of nitrogens with one attached hydrogen (secondary N) is 1. The van der Waals surface area contributed by atoms with Crippen molar-refractivity contribution in [3.8, 4) is 0 Å². The highest BCUT2D eigenvalue weighted by Gasteiger charge is 2.30. The Labute approximate surface area is 104 Å². The fourth-order valence-corrected chi connectivity index (χ4v) is 2.67. The molecule has 1 saturated heterocycles. The predicted octanol–water partition coefficient (Wildman–Crippen LogP) is 2.60. The van der Waals surface area contributed by atoms with Crippen molar-refractivity contribution in [2.75, 3.05) is 6.54 Å². The van der Waals surface area contributed by atoms with Crippen LogP contribution in [0.5, 0.6) is 0 Å². The third kappa shape index (κ3) is 3.08. The lowest BCUT2D eigenvalue weighted by Crippen LogP contribution is -2.33. The minimum atomic E-state index is -0.636. The van der Waals surface area contributed by atoms with E-state index in [9.17, 15) is 5.11 Å². The van der Waals surface area contributed by atoms with Crippen LogP contribution < -0.4 is 5.32 Å². The van der Waals surface area contributed by atoms with Gasteiger partial charge in [0.1, 0.15) is 0 Å². The van der Waals surface area contributed by atoms with E-state index in [-0.39, 0.29) is 5.54 Å². The van der Waals surface area contributed by atoms with Gasteiger partial charge in [-0.1, -0.05) is 24.3 Å². The Bertz CT molecular complexity index is 386. The molecular weight excluding hydrogens is 210 g/mol. The van der Waals surface area contributed by atoms with Crippen LogP contribution in [0.4, 0.5) is 0 Å². The van der Waals surface area contributed by atoms with Gasteiger partial charge in [-0.2, -0.15) is 0 Å². The van der Waals surface area contributed by atoms with Gasteiger partial charge in [-0.15, -0.1) is 0 Å². The molecule has 2 nitrogen and oxygen atoms in total. The summed E-state index contributed by atoms with van der Waals surface area (Å²) in [7, 11) is 0.